The summed E-state index contributed by atoms with van der Waals surface area (Å²) in [7, 11) is -3.31. The topological polar surface area (TPSA) is 117 Å². The summed E-state index contributed by atoms with van der Waals surface area (Å²) in [5.41, 5.74) is 0.763. The van der Waals surface area contributed by atoms with Gasteiger partial charge in [0, 0.05) is 11.9 Å². The van der Waals surface area contributed by atoms with Gasteiger partial charge >= 0.3 is 12.0 Å². The number of aryl methyl sites for hydroxylation is 1. The molecule has 1 saturated heterocycles. The van der Waals surface area contributed by atoms with Crippen molar-refractivity contribution >= 4 is 38.3 Å². The summed E-state index contributed by atoms with van der Waals surface area (Å²) in [4.78, 5) is 28.4. The molecule has 0 aromatic carbocycles. The van der Waals surface area contributed by atoms with Crippen molar-refractivity contribution in [3.05, 3.63) is 11.1 Å². The van der Waals surface area contributed by atoms with Crippen LogP contribution in [0.2, 0.25) is 0 Å². The molecule has 0 bridgehead atoms. The number of hydrogen-bond acceptors (Lipinski definition) is 6. The highest BCUT2D eigenvalue weighted by atomic mass is 32.2. The van der Waals surface area contributed by atoms with Crippen LogP contribution in [0.4, 0.5) is 9.93 Å². The number of urea groups is 1. The average Bonchev–Trinajstić information content (AvgIpc) is 2.72. The van der Waals surface area contributed by atoms with Crippen LogP contribution in [0, 0.1) is 6.92 Å². The Bertz CT molecular complexity index is 655. The zero-order chi connectivity index (χ0) is 15.6. The number of nitrogens with zero attached hydrogens (tertiary/aromatic N) is 2. The fourth-order valence-electron chi connectivity index (χ4n) is 2.10. The van der Waals surface area contributed by atoms with E-state index < -0.39 is 34.3 Å². The lowest BCUT2D eigenvalue weighted by Crippen LogP contribution is -2.53. The van der Waals surface area contributed by atoms with Gasteiger partial charge in [-0.25, -0.2) is 18.2 Å². The second-order valence-electron chi connectivity index (χ2n) is 4.78. The summed E-state index contributed by atoms with van der Waals surface area (Å²) in [6, 6.07) is -1.38. The van der Waals surface area contributed by atoms with Crippen molar-refractivity contribution in [3.63, 3.8) is 0 Å². The van der Waals surface area contributed by atoms with E-state index in [1.807, 2.05) is 0 Å². The van der Waals surface area contributed by atoms with E-state index in [4.69, 9.17) is 5.11 Å². The third-order valence-corrected chi connectivity index (χ3v) is 5.61. The van der Waals surface area contributed by atoms with Gasteiger partial charge in [-0.2, -0.15) is 0 Å². The maximum atomic E-state index is 12.2. The number of carbonyl (C=O) groups excluding carboxylic acids is 1. The van der Waals surface area contributed by atoms with Crippen LogP contribution in [0.3, 0.4) is 0 Å². The molecule has 116 valence electrons. The van der Waals surface area contributed by atoms with Crippen molar-refractivity contribution < 1.29 is 23.1 Å². The maximum absolute atomic E-state index is 12.2. The first-order valence-electron chi connectivity index (χ1n) is 6.19. The van der Waals surface area contributed by atoms with Gasteiger partial charge in [0.1, 0.15) is 0 Å². The molecular formula is C11H15N3O5S2. The molecule has 8 nitrogen and oxygen atoms in total. The molecule has 1 unspecified atom stereocenters. The number of amides is 2. The third-order valence-electron chi connectivity index (χ3n) is 3.03. The number of rotatable bonds is 3. The second-order valence-corrected chi connectivity index (χ2v) is 7.87. The molecule has 1 aliphatic heterocycles. The van der Waals surface area contributed by atoms with Gasteiger partial charge in [-0.15, -0.1) is 11.3 Å². The molecule has 10 heteroatoms. The molecule has 2 rings (SSSR count). The monoisotopic (exact) mass is 333 g/mol. The number of anilines is 1. The summed E-state index contributed by atoms with van der Waals surface area (Å²) in [5.74, 6) is -1.63. The Morgan fingerprint density at radius 3 is 2.86 bits per heavy atom. The molecule has 1 aromatic rings. The standard InChI is InChI=1S/C11H15N3O5S2/c1-7-5-20-10(12-7)13-11(17)14-2-3-21(18,19)6-8(14)4-9(15)16/h5,8H,2-4,6H2,1H3,(H,15,16)(H,12,13,17). The highest BCUT2D eigenvalue weighted by Crippen LogP contribution is 2.19. The highest BCUT2D eigenvalue weighted by molar-refractivity contribution is 7.91. The lowest BCUT2D eigenvalue weighted by molar-refractivity contribution is -0.137. The van der Waals surface area contributed by atoms with Crippen molar-refractivity contribution in [3.8, 4) is 0 Å². The first kappa shape index (κ1) is 15.7. The third kappa shape index (κ3) is 4.14. The van der Waals surface area contributed by atoms with E-state index in [9.17, 15) is 18.0 Å². The Morgan fingerprint density at radius 2 is 2.29 bits per heavy atom. The quantitative estimate of drug-likeness (QED) is 0.834. The molecule has 0 radical (unpaired) electrons. The SMILES string of the molecule is Cc1csc(NC(=O)N2CCS(=O)(=O)CC2CC(=O)O)n1. The number of thiazole rings is 1. The number of hydrogen-bond donors (Lipinski definition) is 2. The van der Waals surface area contributed by atoms with E-state index in [1.54, 1.807) is 12.3 Å². The van der Waals surface area contributed by atoms with Gasteiger partial charge in [-0.05, 0) is 6.92 Å². The van der Waals surface area contributed by atoms with E-state index in [1.165, 1.54) is 16.2 Å². The van der Waals surface area contributed by atoms with Crippen LogP contribution in [-0.2, 0) is 14.6 Å². The molecule has 2 N–H and O–H groups in total. The minimum Gasteiger partial charge on any atom is -0.481 e. The van der Waals surface area contributed by atoms with Crippen molar-refractivity contribution in [1.29, 1.82) is 0 Å². The van der Waals surface area contributed by atoms with Crippen LogP contribution in [0.15, 0.2) is 5.38 Å². The molecule has 0 aliphatic carbocycles. The summed E-state index contributed by atoms with van der Waals surface area (Å²) in [6.45, 7) is 1.77. The molecular weight excluding hydrogens is 318 g/mol. The van der Waals surface area contributed by atoms with Crippen molar-refractivity contribution in [1.82, 2.24) is 9.88 Å². The van der Waals surface area contributed by atoms with Gasteiger partial charge in [0.15, 0.2) is 15.0 Å². The second kappa shape index (κ2) is 5.98. The first-order chi connectivity index (χ1) is 9.77. The number of carboxylic acids is 1. The van der Waals surface area contributed by atoms with Gasteiger partial charge in [0.05, 0.1) is 29.7 Å². The van der Waals surface area contributed by atoms with Crippen LogP contribution < -0.4 is 5.32 Å². The van der Waals surface area contributed by atoms with Gasteiger partial charge < -0.3 is 10.0 Å². The van der Waals surface area contributed by atoms with E-state index >= 15 is 0 Å². The van der Waals surface area contributed by atoms with Gasteiger partial charge in [0.2, 0.25) is 0 Å². The zero-order valence-electron chi connectivity index (χ0n) is 11.3. The van der Waals surface area contributed by atoms with Crippen LogP contribution in [-0.4, -0.2) is 59.5 Å². The Labute approximate surface area is 125 Å². The first-order valence-corrected chi connectivity index (χ1v) is 8.89. The molecule has 21 heavy (non-hydrogen) atoms. The number of aromatic nitrogens is 1. The van der Waals surface area contributed by atoms with Crippen LogP contribution in [0.5, 0.6) is 0 Å². The Kier molecular flexibility index (Phi) is 4.47. The number of aliphatic carboxylic acids is 1. The normalized spacial score (nSPS) is 21.0. The molecule has 1 atom stereocenters. The molecule has 0 saturated carbocycles. The van der Waals surface area contributed by atoms with Crippen molar-refractivity contribution in [2.75, 3.05) is 23.4 Å². The zero-order valence-corrected chi connectivity index (χ0v) is 12.9. The van der Waals surface area contributed by atoms with Crippen LogP contribution in [0.25, 0.3) is 0 Å². The number of nitrogens with one attached hydrogen (secondary N) is 1. The number of carboxylic acid groups (broad SMARTS) is 1. The Morgan fingerprint density at radius 1 is 1.57 bits per heavy atom. The smallest absolute Gasteiger partial charge is 0.323 e. The van der Waals surface area contributed by atoms with Crippen LogP contribution in [0.1, 0.15) is 12.1 Å². The molecule has 1 aliphatic rings. The summed E-state index contributed by atoms with van der Waals surface area (Å²) in [5, 5.41) is 13.6. The van der Waals surface area contributed by atoms with Crippen LogP contribution >= 0.6 is 11.3 Å². The largest absolute Gasteiger partial charge is 0.481 e. The predicted octanol–water partition coefficient (Wildman–Crippen LogP) is 0.557. The average molecular weight is 333 g/mol. The lowest BCUT2D eigenvalue weighted by Gasteiger charge is -2.34. The fourth-order valence-corrected chi connectivity index (χ4v) is 4.30. The molecule has 2 amide bonds. The van der Waals surface area contributed by atoms with Gasteiger partial charge in [-0.3, -0.25) is 10.1 Å². The summed E-state index contributed by atoms with van der Waals surface area (Å²) in [6.07, 6.45) is -0.399. The molecule has 1 aromatic heterocycles. The fraction of sp³-hybridized carbons (Fsp3) is 0.545. The van der Waals surface area contributed by atoms with Gasteiger partial charge in [-0.1, -0.05) is 0 Å². The number of sulfone groups is 1. The number of carbonyl (C=O) groups is 2. The summed E-state index contributed by atoms with van der Waals surface area (Å²) < 4.78 is 23.2. The highest BCUT2D eigenvalue weighted by Gasteiger charge is 2.35. The Balaban J connectivity index is 2.11. The predicted molar refractivity (Wildman–Crippen MR) is 77.3 cm³/mol. The van der Waals surface area contributed by atoms with E-state index in [0.717, 1.165) is 5.69 Å². The van der Waals surface area contributed by atoms with E-state index in [0.29, 0.717) is 5.13 Å². The van der Waals surface area contributed by atoms with Gasteiger partial charge in [0.25, 0.3) is 0 Å². The maximum Gasteiger partial charge on any atom is 0.323 e. The van der Waals surface area contributed by atoms with Crippen molar-refractivity contribution in [2.45, 2.75) is 19.4 Å². The van der Waals surface area contributed by atoms with Crippen molar-refractivity contribution in [2.24, 2.45) is 0 Å². The summed E-state index contributed by atoms with van der Waals surface area (Å²) >= 11 is 1.25. The Hall–Kier alpha value is -1.68. The molecule has 2 heterocycles. The lowest BCUT2D eigenvalue weighted by atomic mass is 10.2. The van der Waals surface area contributed by atoms with E-state index in [2.05, 4.69) is 10.3 Å². The minimum atomic E-state index is -3.31. The van der Waals surface area contributed by atoms with E-state index in [-0.39, 0.29) is 18.1 Å². The molecule has 0 spiro atoms. The minimum absolute atomic E-state index is 0.0174. The molecule has 1 fully saturated rings.